The number of unbranched alkanes of at least 4 members (excludes halogenated alkanes) is 1. The predicted octanol–water partition coefficient (Wildman–Crippen LogP) is 2.73. The van der Waals surface area contributed by atoms with Crippen LogP contribution in [0.4, 0.5) is 0 Å². The second kappa shape index (κ2) is 7.76. The lowest BCUT2D eigenvalue weighted by molar-refractivity contribution is 0.174. The Balaban J connectivity index is 1.50. The molecule has 2 aromatic rings. The summed E-state index contributed by atoms with van der Waals surface area (Å²) in [4.78, 5) is 0.182. The average molecular weight is 363 g/mol. The summed E-state index contributed by atoms with van der Waals surface area (Å²) in [6.45, 7) is 0.501. The minimum Gasteiger partial charge on any atom is -0.496 e. The van der Waals surface area contributed by atoms with E-state index in [9.17, 15) is 8.42 Å². The number of para-hydroxylation sites is 1. The van der Waals surface area contributed by atoms with Crippen molar-refractivity contribution in [1.29, 1.82) is 0 Å². The van der Waals surface area contributed by atoms with Crippen LogP contribution in [-0.2, 0) is 16.4 Å². The first kappa shape index (κ1) is 17.6. The quantitative estimate of drug-likeness (QED) is 0.730. The third-order valence-corrected chi connectivity index (χ3v) is 5.47. The van der Waals surface area contributed by atoms with Gasteiger partial charge in [-0.1, -0.05) is 18.2 Å². The molecule has 0 amide bonds. The Morgan fingerprint density at radius 2 is 1.88 bits per heavy atom. The zero-order valence-corrected chi connectivity index (χ0v) is 14.8. The molecule has 0 saturated carbocycles. The molecular formula is C18H21NO5S. The number of nitrogens with one attached hydrogen (secondary N) is 1. The van der Waals surface area contributed by atoms with Gasteiger partial charge in [-0.3, -0.25) is 0 Å². The Labute approximate surface area is 147 Å². The number of sulfonamides is 1. The van der Waals surface area contributed by atoms with Crippen molar-refractivity contribution < 1.29 is 22.6 Å². The van der Waals surface area contributed by atoms with E-state index >= 15 is 0 Å². The SMILES string of the molecule is COc1ccccc1CCCCNS(=O)(=O)c1ccc2c(c1)OCO2. The van der Waals surface area contributed by atoms with Gasteiger partial charge in [0.2, 0.25) is 16.8 Å². The van der Waals surface area contributed by atoms with E-state index in [4.69, 9.17) is 14.2 Å². The molecule has 0 aliphatic carbocycles. The Morgan fingerprint density at radius 1 is 1.08 bits per heavy atom. The molecule has 1 aliphatic rings. The van der Waals surface area contributed by atoms with Gasteiger partial charge in [0, 0.05) is 12.6 Å². The summed E-state index contributed by atoms with van der Waals surface area (Å²) in [6.07, 6.45) is 2.45. The fraction of sp³-hybridized carbons (Fsp3) is 0.333. The molecule has 2 aromatic carbocycles. The van der Waals surface area contributed by atoms with E-state index in [1.54, 1.807) is 13.2 Å². The molecule has 1 heterocycles. The molecule has 0 atom stereocenters. The maximum atomic E-state index is 12.3. The lowest BCUT2D eigenvalue weighted by atomic mass is 10.1. The summed E-state index contributed by atoms with van der Waals surface area (Å²) >= 11 is 0. The average Bonchev–Trinajstić information content (AvgIpc) is 3.09. The van der Waals surface area contributed by atoms with Crippen LogP contribution in [0, 0.1) is 0 Å². The Bertz CT molecular complexity index is 835. The molecule has 1 N–H and O–H groups in total. The van der Waals surface area contributed by atoms with Crippen molar-refractivity contribution in [3.8, 4) is 17.2 Å². The van der Waals surface area contributed by atoms with Crippen molar-refractivity contribution in [2.24, 2.45) is 0 Å². The highest BCUT2D eigenvalue weighted by atomic mass is 32.2. The van der Waals surface area contributed by atoms with Crippen LogP contribution in [0.25, 0.3) is 0 Å². The molecule has 0 spiro atoms. The second-order valence-corrected chi connectivity index (χ2v) is 7.45. The van der Waals surface area contributed by atoms with E-state index in [1.165, 1.54) is 12.1 Å². The van der Waals surface area contributed by atoms with Gasteiger partial charge >= 0.3 is 0 Å². The zero-order chi connectivity index (χ0) is 17.7. The molecule has 134 valence electrons. The van der Waals surface area contributed by atoms with Gasteiger partial charge in [0.1, 0.15) is 5.75 Å². The first-order valence-corrected chi connectivity index (χ1v) is 9.60. The summed E-state index contributed by atoms with van der Waals surface area (Å²) in [5, 5.41) is 0. The monoisotopic (exact) mass is 363 g/mol. The molecule has 3 rings (SSSR count). The van der Waals surface area contributed by atoms with Crippen LogP contribution in [0.15, 0.2) is 47.4 Å². The molecule has 0 unspecified atom stereocenters. The number of hydrogen-bond donors (Lipinski definition) is 1. The third kappa shape index (κ3) is 4.24. The number of hydrogen-bond acceptors (Lipinski definition) is 5. The van der Waals surface area contributed by atoms with Gasteiger partial charge in [-0.2, -0.15) is 0 Å². The standard InChI is InChI=1S/C18H21NO5S/c1-22-16-8-3-2-6-14(16)7-4-5-11-19-25(20,21)15-9-10-17-18(12-15)24-13-23-17/h2-3,6,8-10,12,19H,4-5,7,11,13H2,1H3. The number of ether oxygens (including phenoxy) is 3. The van der Waals surface area contributed by atoms with E-state index in [-0.39, 0.29) is 11.7 Å². The highest BCUT2D eigenvalue weighted by Crippen LogP contribution is 2.33. The number of aryl methyl sites for hydroxylation is 1. The maximum Gasteiger partial charge on any atom is 0.240 e. The fourth-order valence-corrected chi connectivity index (χ4v) is 3.77. The number of rotatable bonds is 8. The van der Waals surface area contributed by atoms with Crippen LogP contribution in [0.1, 0.15) is 18.4 Å². The minimum absolute atomic E-state index is 0.120. The normalized spacial score (nSPS) is 13.0. The summed E-state index contributed by atoms with van der Waals surface area (Å²) in [6, 6.07) is 12.5. The van der Waals surface area contributed by atoms with E-state index in [0.717, 1.165) is 30.6 Å². The van der Waals surface area contributed by atoms with Crippen LogP contribution in [0.2, 0.25) is 0 Å². The molecule has 7 heteroatoms. The predicted molar refractivity (Wildman–Crippen MR) is 93.7 cm³/mol. The molecule has 1 aliphatic heterocycles. The summed E-state index contributed by atoms with van der Waals surface area (Å²) in [7, 11) is -1.90. The van der Waals surface area contributed by atoms with Crippen molar-refractivity contribution in [3.05, 3.63) is 48.0 Å². The zero-order valence-electron chi connectivity index (χ0n) is 14.0. The van der Waals surface area contributed by atoms with Crippen LogP contribution in [0.3, 0.4) is 0 Å². The molecule has 0 radical (unpaired) electrons. The molecule has 6 nitrogen and oxygen atoms in total. The Morgan fingerprint density at radius 3 is 2.72 bits per heavy atom. The van der Waals surface area contributed by atoms with Crippen molar-refractivity contribution in [3.63, 3.8) is 0 Å². The molecule has 0 saturated heterocycles. The van der Waals surface area contributed by atoms with E-state index in [1.807, 2.05) is 24.3 Å². The third-order valence-electron chi connectivity index (χ3n) is 4.01. The van der Waals surface area contributed by atoms with Crippen LogP contribution in [0.5, 0.6) is 17.2 Å². The van der Waals surface area contributed by atoms with Gasteiger partial charge in [0.25, 0.3) is 0 Å². The van der Waals surface area contributed by atoms with Crippen molar-refractivity contribution in [2.45, 2.75) is 24.2 Å². The lowest BCUT2D eigenvalue weighted by Gasteiger charge is -2.09. The van der Waals surface area contributed by atoms with Gasteiger partial charge in [-0.25, -0.2) is 13.1 Å². The summed E-state index contributed by atoms with van der Waals surface area (Å²) < 4.78 is 43.0. The smallest absolute Gasteiger partial charge is 0.240 e. The second-order valence-electron chi connectivity index (χ2n) is 5.68. The van der Waals surface area contributed by atoms with Crippen molar-refractivity contribution in [1.82, 2.24) is 4.72 Å². The number of fused-ring (bicyclic) bond motifs is 1. The summed E-state index contributed by atoms with van der Waals surface area (Å²) in [5.41, 5.74) is 1.13. The molecular weight excluding hydrogens is 342 g/mol. The first-order chi connectivity index (χ1) is 12.1. The molecule has 0 fully saturated rings. The Kier molecular flexibility index (Phi) is 5.45. The molecule has 25 heavy (non-hydrogen) atoms. The van der Waals surface area contributed by atoms with Gasteiger partial charge in [0.15, 0.2) is 11.5 Å². The van der Waals surface area contributed by atoms with Gasteiger partial charge in [-0.05, 0) is 43.0 Å². The van der Waals surface area contributed by atoms with Gasteiger partial charge in [0.05, 0.1) is 12.0 Å². The van der Waals surface area contributed by atoms with E-state index in [0.29, 0.717) is 18.0 Å². The van der Waals surface area contributed by atoms with Crippen LogP contribution >= 0.6 is 0 Å². The topological polar surface area (TPSA) is 73.9 Å². The maximum absolute atomic E-state index is 12.3. The fourth-order valence-electron chi connectivity index (χ4n) is 2.68. The molecule has 0 bridgehead atoms. The highest BCUT2D eigenvalue weighted by Gasteiger charge is 2.19. The van der Waals surface area contributed by atoms with E-state index in [2.05, 4.69) is 4.72 Å². The molecule has 0 aromatic heterocycles. The lowest BCUT2D eigenvalue weighted by Crippen LogP contribution is -2.24. The Hall–Kier alpha value is -2.25. The van der Waals surface area contributed by atoms with Crippen LogP contribution in [-0.4, -0.2) is 28.9 Å². The highest BCUT2D eigenvalue weighted by molar-refractivity contribution is 7.89. The largest absolute Gasteiger partial charge is 0.496 e. The number of benzene rings is 2. The summed E-state index contributed by atoms with van der Waals surface area (Å²) in [5.74, 6) is 1.89. The minimum atomic E-state index is -3.55. The van der Waals surface area contributed by atoms with Crippen molar-refractivity contribution in [2.75, 3.05) is 20.4 Å². The van der Waals surface area contributed by atoms with Gasteiger partial charge in [-0.15, -0.1) is 0 Å². The number of methoxy groups -OCH3 is 1. The first-order valence-electron chi connectivity index (χ1n) is 8.11. The van der Waals surface area contributed by atoms with E-state index < -0.39 is 10.0 Å². The van der Waals surface area contributed by atoms with Gasteiger partial charge < -0.3 is 14.2 Å². The van der Waals surface area contributed by atoms with Crippen LogP contribution < -0.4 is 18.9 Å². The van der Waals surface area contributed by atoms with Crippen molar-refractivity contribution >= 4 is 10.0 Å².